The Labute approximate surface area is 129 Å². The highest BCUT2D eigenvalue weighted by molar-refractivity contribution is 5.28. The molecule has 1 N–H and O–H groups in total. The monoisotopic (exact) mass is 292 g/mol. The van der Waals surface area contributed by atoms with Crippen LogP contribution >= 0.6 is 0 Å². The molecular weight excluding hydrogens is 260 g/mol. The second kappa shape index (κ2) is 7.83. The summed E-state index contributed by atoms with van der Waals surface area (Å²) in [5, 5.41) is 3.47. The first-order chi connectivity index (χ1) is 10.1. The van der Waals surface area contributed by atoms with E-state index in [2.05, 4.69) is 53.7 Å². The molecule has 0 saturated carbocycles. The third-order valence-corrected chi connectivity index (χ3v) is 4.35. The Balaban J connectivity index is 1.82. The standard InChI is InChI=1S/C17H32N4/c1-14(2)12-18-17-19-15(3)13-21(17)11-7-10-20-9-6-5-8-16(20)4/h13-14,16H,5-12H2,1-4H3,(H,18,19). The number of hydrogen-bond donors (Lipinski definition) is 1. The van der Waals surface area contributed by atoms with E-state index in [4.69, 9.17) is 0 Å². The molecule has 1 saturated heterocycles. The van der Waals surface area contributed by atoms with Gasteiger partial charge in [-0.05, 0) is 45.6 Å². The number of nitrogens with zero attached hydrogens (tertiary/aromatic N) is 3. The first-order valence-electron chi connectivity index (χ1n) is 8.58. The van der Waals surface area contributed by atoms with Gasteiger partial charge in [0.15, 0.2) is 0 Å². The SMILES string of the molecule is Cc1cn(CCCN2CCCCC2C)c(NCC(C)C)n1. The number of imidazole rings is 1. The minimum absolute atomic E-state index is 0.643. The lowest BCUT2D eigenvalue weighted by Crippen LogP contribution is -2.38. The number of hydrogen-bond acceptors (Lipinski definition) is 3. The summed E-state index contributed by atoms with van der Waals surface area (Å²) in [7, 11) is 0. The maximum atomic E-state index is 4.60. The molecule has 0 bridgehead atoms. The van der Waals surface area contributed by atoms with Crippen LogP contribution in [0.25, 0.3) is 0 Å². The van der Waals surface area contributed by atoms with Crippen LogP contribution in [0.5, 0.6) is 0 Å². The Morgan fingerprint density at radius 1 is 1.33 bits per heavy atom. The second-order valence-corrected chi connectivity index (χ2v) is 6.91. The summed E-state index contributed by atoms with van der Waals surface area (Å²) in [5.74, 6) is 1.68. The van der Waals surface area contributed by atoms with Gasteiger partial charge in [0, 0.05) is 31.9 Å². The summed E-state index contributed by atoms with van der Waals surface area (Å²) in [6.07, 6.45) is 7.52. The number of likely N-dealkylation sites (tertiary alicyclic amines) is 1. The van der Waals surface area contributed by atoms with E-state index in [9.17, 15) is 0 Å². The van der Waals surface area contributed by atoms with Crippen molar-refractivity contribution in [3.05, 3.63) is 11.9 Å². The van der Waals surface area contributed by atoms with Gasteiger partial charge in [-0.3, -0.25) is 0 Å². The number of nitrogens with one attached hydrogen (secondary N) is 1. The van der Waals surface area contributed by atoms with Crippen molar-refractivity contribution in [3.8, 4) is 0 Å². The molecule has 2 heterocycles. The highest BCUT2D eigenvalue weighted by atomic mass is 15.2. The van der Waals surface area contributed by atoms with Crippen molar-refractivity contribution in [3.63, 3.8) is 0 Å². The fourth-order valence-electron chi connectivity index (χ4n) is 3.09. The third kappa shape index (κ3) is 5.03. The number of rotatable bonds is 7. The number of piperidine rings is 1. The zero-order chi connectivity index (χ0) is 15.2. The quantitative estimate of drug-likeness (QED) is 0.834. The fraction of sp³-hybridized carbons (Fsp3) is 0.824. The summed E-state index contributed by atoms with van der Waals surface area (Å²) in [6, 6.07) is 0.766. The molecule has 0 aliphatic carbocycles. The summed E-state index contributed by atoms with van der Waals surface area (Å²) in [5.41, 5.74) is 1.10. The van der Waals surface area contributed by atoms with E-state index in [1.165, 1.54) is 38.8 Å². The van der Waals surface area contributed by atoms with Crippen LogP contribution in [-0.2, 0) is 6.54 Å². The normalized spacial score (nSPS) is 20.1. The van der Waals surface area contributed by atoms with Gasteiger partial charge in [-0.25, -0.2) is 4.98 Å². The van der Waals surface area contributed by atoms with Crippen LogP contribution in [-0.4, -0.2) is 40.1 Å². The molecule has 4 heteroatoms. The molecular formula is C17H32N4. The number of anilines is 1. The van der Waals surface area contributed by atoms with Gasteiger partial charge in [0.25, 0.3) is 0 Å². The highest BCUT2D eigenvalue weighted by Crippen LogP contribution is 2.17. The third-order valence-electron chi connectivity index (χ3n) is 4.35. The Bertz CT molecular complexity index is 424. The van der Waals surface area contributed by atoms with Gasteiger partial charge in [0.1, 0.15) is 0 Å². The minimum atomic E-state index is 0.643. The lowest BCUT2D eigenvalue weighted by molar-refractivity contribution is 0.157. The molecule has 0 aromatic carbocycles. The van der Waals surface area contributed by atoms with E-state index < -0.39 is 0 Å². The lowest BCUT2D eigenvalue weighted by Gasteiger charge is -2.33. The van der Waals surface area contributed by atoms with E-state index in [1.807, 2.05) is 0 Å². The Morgan fingerprint density at radius 2 is 2.14 bits per heavy atom. The van der Waals surface area contributed by atoms with E-state index in [0.717, 1.165) is 30.8 Å². The second-order valence-electron chi connectivity index (χ2n) is 6.91. The van der Waals surface area contributed by atoms with Crippen LogP contribution in [0, 0.1) is 12.8 Å². The van der Waals surface area contributed by atoms with Crippen molar-refractivity contribution in [2.75, 3.05) is 25.0 Å². The molecule has 1 unspecified atom stereocenters. The van der Waals surface area contributed by atoms with Crippen LogP contribution in [0.15, 0.2) is 6.20 Å². The number of aryl methyl sites for hydroxylation is 2. The van der Waals surface area contributed by atoms with Crippen molar-refractivity contribution in [2.45, 2.75) is 66.0 Å². The van der Waals surface area contributed by atoms with Crippen LogP contribution in [0.2, 0.25) is 0 Å². The number of aromatic nitrogens is 2. The van der Waals surface area contributed by atoms with Crippen LogP contribution < -0.4 is 5.32 Å². The first-order valence-corrected chi connectivity index (χ1v) is 8.58. The van der Waals surface area contributed by atoms with Crippen molar-refractivity contribution in [1.82, 2.24) is 14.5 Å². The molecule has 1 fully saturated rings. The Kier molecular flexibility index (Phi) is 6.09. The predicted octanol–water partition coefficient (Wildman–Crippen LogP) is 3.52. The maximum absolute atomic E-state index is 4.60. The zero-order valence-corrected chi connectivity index (χ0v) is 14.2. The summed E-state index contributed by atoms with van der Waals surface area (Å²) < 4.78 is 2.28. The largest absolute Gasteiger partial charge is 0.355 e. The smallest absolute Gasteiger partial charge is 0.203 e. The first kappa shape index (κ1) is 16.3. The predicted molar refractivity (Wildman–Crippen MR) is 89.8 cm³/mol. The van der Waals surface area contributed by atoms with Crippen molar-refractivity contribution >= 4 is 5.95 Å². The molecule has 21 heavy (non-hydrogen) atoms. The maximum Gasteiger partial charge on any atom is 0.203 e. The summed E-state index contributed by atoms with van der Waals surface area (Å²) in [6.45, 7) is 13.4. The average molecular weight is 292 g/mol. The van der Waals surface area contributed by atoms with E-state index in [0.29, 0.717) is 5.92 Å². The zero-order valence-electron chi connectivity index (χ0n) is 14.2. The van der Waals surface area contributed by atoms with Gasteiger partial charge in [-0.1, -0.05) is 20.3 Å². The van der Waals surface area contributed by atoms with Crippen molar-refractivity contribution in [2.24, 2.45) is 5.92 Å². The molecule has 1 atom stereocenters. The van der Waals surface area contributed by atoms with Crippen LogP contribution in [0.4, 0.5) is 5.95 Å². The fourth-order valence-corrected chi connectivity index (χ4v) is 3.09. The lowest BCUT2D eigenvalue weighted by atomic mass is 10.0. The van der Waals surface area contributed by atoms with Crippen molar-refractivity contribution < 1.29 is 0 Å². The summed E-state index contributed by atoms with van der Waals surface area (Å²) >= 11 is 0. The van der Waals surface area contributed by atoms with E-state index in [1.54, 1.807) is 0 Å². The molecule has 0 spiro atoms. The Hall–Kier alpha value is -1.03. The van der Waals surface area contributed by atoms with E-state index >= 15 is 0 Å². The molecule has 1 aromatic rings. The van der Waals surface area contributed by atoms with Gasteiger partial charge >= 0.3 is 0 Å². The molecule has 120 valence electrons. The molecule has 1 aromatic heterocycles. The molecule has 1 aliphatic rings. The minimum Gasteiger partial charge on any atom is -0.355 e. The van der Waals surface area contributed by atoms with Gasteiger partial charge in [-0.2, -0.15) is 0 Å². The molecule has 0 amide bonds. The average Bonchev–Trinajstić information content (AvgIpc) is 2.79. The molecule has 2 rings (SSSR count). The summed E-state index contributed by atoms with van der Waals surface area (Å²) in [4.78, 5) is 7.25. The highest BCUT2D eigenvalue weighted by Gasteiger charge is 2.17. The van der Waals surface area contributed by atoms with Gasteiger partial charge in [0.05, 0.1) is 5.69 Å². The van der Waals surface area contributed by atoms with Gasteiger partial charge < -0.3 is 14.8 Å². The molecule has 4 nitrogen and oxygen atoms in total. The van der Waals surface area contributed by atoms with E-state index in [-0.39, 0.29) is 0 Å². The molecule has 1 aliphatic heterocycles. The van der Waals surface area contributed by atoms with Gasteiger partial charge in [-0.15, -0.1) is 0 Å². The molecule has 0 radical (unpaired) electrons. The van der Waals surface area contributed by atoms with Crippen LogP contribution in [0.1, 0.15) is 52.1 Å². The van der Waals surface area contributed by atoms with Gasteiger partial charge in [0.2, 0.25) is 5.95 Å². The van der Waals surface area contributed by atoms with Crippen LogP contribution in [0.3, 0.4) is 0 Å². The topological polar surface area (TPSA) is 33.1 Å². The Morgan fingerprint density at radius 3 is 2.86 bits per heavy atom. The van der Waals surface area contributed by atoms with Crippen molar-refractivity contribution in [1.29, 1.82) is 0 Å².